The van der Waals surface area contributed by atoms with Crippen LogP contribution in [-0.2, 0) is 21.4 Å². The third-order valence-corrected chi connectivity index (χ3v) is 6.00. The highest BCUT2D eigenvalue weighted by atomic mass is 19.2. The van der Waals surface area contributed by atoms with E-state index in [4.69, 9.17) is 4.74 Å². The Morgan fingerprint density at radius 1 is 1.03 bits per heavy atom. The average Bonchev–Trinajstić information content (AvgIpc) is 3.22. The lowest BCUT2D eigenvalue weighted by Crippen LogP contribution is -2.51. The fourth-order valence-electron chi connectivity index (χ4n) is 4.40. The number of benzene rings is 2. The molecule has 0 spiro atoms. The van der Waals surface area contributed by atoms with Crippen LogP contribution in [0.1, 0.15) is 30.5 Å². The molecule has 8 heteroatoms. The molecule has 2 aliphatic heterocycles. The van der Waals surface area contributed by atoms with Gasteiger partial charge in [0, 0.05) is 24.1 Å². The molecule has 2 aliphatic rings. The fraction of sp³-hybridized carbons (Fsp3) is 0.318. The van der Waals surface area contributed by atoms with E-state index in [-0.39, 0.29) is 6.42 Å². The molecule has 0 N–H and O–H groups in total. The van der Waals surface area contributed by atoms with Gasteiger partial charge in [-0.05, 0) is 29.3 Å². The second-order valence-corrected chi connectivity index (χ2v) is 7.86. The van der Waals surface area contributed by atoms with Crippen LogP contribution in [-0.4, -0.2) is 25.2 Å². The fourth-order valence-corrected chi connectivity index (χ4v) is 4.40. The molecule has 1 unspecified atom stereocenters. The van der Waals surface area contributed by atoms with Crippen molar-refractivity contribution >= 4 is 18.0 Å². The van der Waals surface area contributed by atoms with Crippen molar-refractivity contribution in [3.8, 4) is 0 Å². The van der Waals surface area contributed by atoms with E-state index in [0.717, 1.165) is 29.2 Å². The van der Waals surface area contributed by atoms with Crippen LogP contribution in [0.15, 0.2) is 24.3 Å². The zero-order chi connectivity index (χ0) is 21.8. The molecule has 2 aromatic carbocycles. The van der Waals surface area contributed by atoms with Crippen molar-refractivity contribution in [1.82, 2.24) is 0 Å². The van der Waals surface area contributed by atoms with Crippen LogP contribution in [0.3, 0.4) is 0 Å². The normalized spacial score (nSPS) is 21.9. The van der Waals surface area contributed by atoms with Gasteiger partial charge in [-0.25, -0.2) is 22.0 Å². The van der Waals surface area contributed by atoms with Crippen molar-refractivity contribution in [1.29, 1.82) is 0 Å². The molecule has 1 saturated heterocycles. The van der Waals surface area contributed by atoms with Gasteiger partial charge in [-0.1, -0.05) is 26.0 Å². The first-order valence-corrected chi connectivity index (χ1v) is 9.35. The van der Waals surface area contributed by atoms with Gasteiger partial charge in [0.25, 0.3) is 0 Å². The number of carbonyl (C=O) groups excluding carboxylic acids is 1. The molecule has 2 heterocycles. The summed E-state index contributed by atoms with van der Waals surface area (Å²) in [6, 6.07) is 5.53. The number of aldehydes is 1. The Morgan fingerprint density at radius 2 is 1.67 bits per heavy atom. The predicted octanol–water partition coefficient (Wildman–Crippen LogP) is 4.66. The molecule has 2 aromatic rings. The van der Waals surface area contributed by atoms with Gasteiger partial charge in [-0.2, -0.15) is 0 Å². The molecule has 0 saturated carbocycles. The van der Waals surface area contributed by atoms with Crippen molar-refractivity contribution in [2.45, 2.75) is 31.4 Å². The molecular formula is C22H18F5NO2. The number of fused-ring (bicyclic) bond motifs is 3. The van der Waals surface area contributed by atoms with E-state index in [0.29, 0.717) is 13.2 Å². The number of anilines is 1. The van der Waals surface area contributed by atoms with Crippen LogP contribution in [0.2, 0.25) is 0 Å². The van der Waals surface area contributed by atoms with Crippen LogP contribution in [0, 0.1) is 29.1 Å². The Balaban J connectivity index is 1.84. The zero-order valence-corrected chi connectivity index (χ0v) is 16.2. The summed E-state index contributed by atoms with van der Waals surface area (Å²) in [6.45, 7) is 4.53. The molecule has 0 bridgehead atoms. The molecule has 0 amide bonds. The monoisotopic (exact) mass is 423 g/mol. The minimum absolute atomic E-state index is 0.234. The maximum Gasteiger partial charge on any atom is 0.200 e. The van der Waals surface area contributed by atoms with Crippen LogP contribution in [0.4, 0.5) is 27.6 Å². The van der Waals surface area contributed by atoms with Gasteiger partial charge in [-0.15, -0.1) is 0 Å². The lowest BCUT2D eigenvalue weighted by Gasteiger charge is -2.39. The summed E-state index contributed by atoms with van der Waals surface area (Å²) in [7, 11) is 0. The van der Waals surface area contributed by atoms with E-state index in [9.17, 15) is 26.7 Å². The lowest BCUT2D eigenvalue weighted by molar-refractivity contribution is -0.107. The summed E-state index contributed by atoms with van der Waals surface area (Å²) in [5, 5.41) is 0. The molecule has 30 heavy (non-hydrogen) atoms. The Kier molecular flexibility index (Phi) is 4.73. The molecule has 158 valence electrons. The Labute approximate surface area is 169 Å². The van der Waals surface area contributed by atoms with Crippen LogP contribution in [0.25, 0.3) is 6.08 Å². The van der Waals surface area contributed by atoms with Gasteiger partial charge in [0.1, 0.15) is 6.29 Å². The summed E-state index contributed by atoms with van der Waals surface area (Å²) in [4.78, 5) is 12.8. The first-order valence-electron chi connectivity index (χ1n) is 9.35. The van der Waals surface area contributed by atoms with E-state index in [1.807, 2.05) is 36.9 Å². The second kappa shape index (κ2) is 6.91. The highest BCUT2D eigenvalue weighted by Gasteiger charge is 2.59. The highest BCUT2D eigenvalue weighted by Crippen LogP contribution is 2.55. The molecule has 3 nitrogen and oxygen atoms in total. The van der Waals surface area contributed by atoms with Gasteiger partial charge >= 0.3 is 0 Å². The molecule has 0 radical (unpaired) electrons. The third kappa shape index (κ3) is 2.62. The summed E-state index contributed by atoms with van der Waals surface area (Å²) in [5.41, 5.74) is -0.451. The summed E-state index contributed by atoms with van der Waals surface area (Å²) < 4.78 is 74.8. The van der Waals surface area contributed by atoms with Crippen LogP contribution < -0.4 is 4.90 Å². The number of halogens is 5. The van der Waals surface area contributed by atoms with E-state index < -0.39 is 45.8 Å². The van der Waals surface area contributed by atoms with E-state index in [1.165, 1.54) is 6.08 Å². The first kappa shape index (κ1) is 20.5. The third-order valence-electron chi connectivity index (χ3n) is 6.00. The topological polar surface area (TPSA) is 29.5 Å². The molecule has 0 aliphatic carbocycles. The van der Waals surface area contributed by atoms with Crippen molar-refractivity contribution in [3.63, 3.8) is 0 Å². The summed E-state index contributed by atoms with van der Waals surface area (Å²) in [6.07, 6.45) is 3.25. The predicted molar refractivity (Wildman–Crippen MR) is 101 cm³/mol. The maximum atomic E-state index is 14.2. The zero-order valence-electron chi connectivity index (χ0n) is 16.2. The van der Waals surface area contributed by atoms with Gasteiger partial charge in [0.2, 0.25) is 5.82 Å². The first-order chi connectivity index (χ1) is 14.2. The largest absolute Gasteiger partial charge is 0.349 e. The quantitative estimate of drug-likeness (QED) is 0.310. The highest BCUT2D eigenvalue weighted by molar-refractivity contribution is 5.71. The van der Waals surface area contributed by atoms with E-state index >= 15 is 0 Å². The minimum atomic E-state index is -2.20. The van der Waals surface area contributed by atoms with Gasteiger partial charge in [-0.3, -0.25) is 0 Å². The number of hydrogen-bond acceptors (Lipinski definition) is 3. The molecular weight excluding hydrogens is 405 g/mol. The van der Waals surface area contributed by atoms with Crippen molar-refractivity contribution in [3.05, 3.63) is 70.1 Å². The van der Waals surface area contributed by atoms with Gasteiger partial charge < -0.3 is 14.4 Å². The Bertz CT molecular complexity index is 1050. The van der Waals surface area contributed by atoms with Crippen molar-refractivity contribution in [2.75, 3.05) is 18.1 Å². The SMILES string of the molecule is CC1(C)c2cc(CC=O)ccc2N2CCOC21C=Cc1c(F)c(F)c(F)c(F)c1F. The lowest BCUT2D eigenvalue weighted by atomic mass is 9.76. The number of nitrogens with zero attached hydrogens (tertiary/aromatic N) is 1. The maximum absolute atomic E-state index is 14.2. The number of carbonyl (C=O) groups is 1. The van der Waals surface area contributed by atoms with E-state index in [2.05, 4.69) is 0 Å². The average molecular weight is 423 g/mol. The van der Waals surface area contributed by atoms with Crippen LogP contribution in [0.5, 0.6) is 0 Å². The summed E-state index contributed by atoms with van der Waals surface area (Å²) in [5.74, 6) is -9.99. The van der Waals surface area contributed by atoms with Crippen LogP contribution >= 0.6 is 0 Å². The van der Waals surface area contributed by atoms with E-state index in [1.54, 1.807) is 0 Å². The Morgan fingerprint density at radius 3 is 2.30 bits per heavy atom. The summed E-state index contributed by atoms with van der Waals surface area (Å²) >= 11 is 0. The standard InChI is InChI=1S/C22H18F5NO2/c1-21(2)14-11-12(6-9-29)3-4-15(14)28-8-10-30-22(21,28)7-5-13-16(23)18(25)20(27)19(26)17(13)24/h3-5,7,9,11H,6,8,10H2,1-2H3. The minimum Gasteiger partial charge on any atom is -0.349 e. The molecule has 1 atom stereocenters. The molecule has 0 aromatic heterocycles. The molecule has 4 rings (SSSR count). The number of hydrogen-bond donors (Lipinski definition) is 0. The Hall–Kier alpha value is -2.74. The van der Waals surface area contributed by atoms with Gasteiger partial charge in [0.05, 0.1) is 12.2 Å². The second-order valence-electron chi connectivity index (χ2n) is 7.86. The smallest absolute Gasteiger partial charge is 0.200 e. The number of ether oxygens (including phenoxy) is 1. The van der Waals surface area contributed by atoms with Crippen molar-refractivity contribution < 1.29 is 31.5 Å². The molecule has 1 fully saturated rings. The van der Waals surface area contributed by atoms with Gasteiger partial charge in [0.15, 0.2) is 29.0 Å². The van der Waals surface area contributed by atoms with Crippen molar-refractivity contribution in [2.24, 2.45) is 0 Å². The number of rotatable bonds is 4.